The van der Waals surface area contributed by atoms with Gasteiger partial charge >= 0.3 is 0 Å². The molecule has 0 saturated carbocycles. The topological polar surface area (TPSA) is 9.72 Å². The van der Waals surface area contributed by atoms with Crippen LogP contribution in [0.3, 0.4) is 0 Å². The lowest BCUT2D eigenvalue weighted by Crippen LogP contribution is -2.11. The minimum absolute atomic E-state index is 1.10. The molecule has 0 N–H and O–H groups in total. The zero-order valence-electron chi connectivity index (χ0n) is 57.9. The Morgan fingerprint density at radius 1 is 0.200 bits per heavy atom. The Kier molecular flexibility index (Phi) is 14.2. The van der Waals surface area contributed by atoms with E-state index in [1.54, 1.807) is 0 Å². The monoisotopic (exact) mass is 1390 g/mol. The van der Waals surface area contributed by atoms with Crippen molar-refractivity contribution in [2.45, 2.75) is 20.8 Å². The van der Waals surface area contributed by atoms with E-state index in [4.69, 9.17) is 0 Å². The molecule has 0 aliphatic heterocycles. The predicted molar refractivity (Wildman–Crippen MR) is 459 cm³/mol. The zero-order valence-corrected chi connectivity index (χ0v) is 60.3. The fraction of sp³-hybridized carbons (Fsp3) is 0.0303. The number of para-hydroxylation sites is 2. The SMILES string of the molecule is Cc1ccc(N(c2ccccc2)c2cc3sc4ccc5c(-c6ccc(N(c7cccc(C)c7)c7cc8sc9ccc%10c(-c%11ccc(N(c%12ccccc%12C)c%12cc%13sc%14ccc%15ccccc%15c%14c%13c%13ccccc%12%13)cc%11)cccc%10c9c8c8ccccc78)cc6)cccc5c4c3c3ccccc23)cc1. The lowest BCUT2D eigenvalue weighted by molar-refractivity contribution is 1.26. The molecule has 18 aromatic carbocycles. The number of hydrogen-bond acceptors (Lipinski definition) is 6. The average molecular weight is 1390 g/mol. The van der Waals surface area contributed by atoms with Gasteiger partial charge < -0.3 is 14.7 Å². The first-order valence-corrected chi connectivity index (χ1v) is 38.5. The number of rotatable bonds is 11. The molecule has 0 aliphatic rings. The van der Waals surface area contributed by atoms with Crippen LogP contribution in [0.15, 0.2) is 340 Å². The molecule has 105 heavy (non-hydrogen) atoms. The largest absolute Gasteiger partial charge is 0.310 e. The lowest BCUT2D eigenvalue weighted by Gasteiger charge is -2.29. The van der Waals surface area contributed by atoms with Crippen molar-refractivity contribution in [3.8, 4) is 22.3 Å². The predicted octanol–water partition coefficient (Wildman–Crippen LogP) is 30.4. The van der Waals surface area contributed by atoms with E-state index < -0.39 is 0 Å². The van der Waals surface area contributed by atoms with Gasteiger partial charge in [0.25, 0.3) is 0 Å². The summed E-state index contributed by atoms with van der Waals surface area (Å²) in [6, 6.07) is 127. The van der Waals surface area contributed by atoms with E-state index in [-0.39, 0.29) is 0 Å². The summed E-state index contributed by atoms with van der Waals surface area (Å²) in [6.07, 6.45) is 0. The molecular formula is C99H65N3S3. The summed E-state index contributed by atoms with van der Waals surface area (Å²) in [5.74, 6) is 0. The van der Waals surface area contributed by atoms with Gasteiger partial charge in [0.1, 0.15) is 0 Å². The number of fused-ring (bicyclic) bond motifs is 21. The van der Waals surface area contributed by atoms with Crippen molar-refractivity contribution < 1.29 is 0 Å². The van der Waals surface area contributed by atoms with Crippen molar-refractivity contribution in [3.63, 3.8) is 0 Å². The zero-order chi connectivity index (χ0) is 69.5. The third-order valence-electron chi connectivity index (χ3n) is 21.8. The number of nitrogens with zero attached hydrogens (tertiary/aromatic N) is 3. The van der Waals surface area contributed by atoms with Gasteiger partial charge in [0, 0.05) is 111 Å². The maximum atomic E-state index is 2.49. The van der Waals surface area contributed by atoms with Crippen LogP contribution in [0.4, 0.5) is 51.2 Å². The number of anilines is 9. The molecule has 0 amide bonds. The Morgan fingerprint density at radius 3 is 1.08 bits per heavy atom. The molecule has 0 aliphatic carbocycles. The molecule has 3 heterocycles. The van der Waals surface area contributed by atoms with Gasteiger partial charge in [-0.05, 0) is 206 Å². The van der Waals surface area contributed by atoms with E-state index in [1.807, 2.05) is 34.0 Å². The Hall–Kier alpha value is -12.4. The highest BCUT2D eigenvalue weighted by molar-refractivity contribution is 7.27. The molecule has 0 saturated heterocycles. The van der Waals surface area contributed by atoms with Crippen LogP contribution in [-0.2, 0) is 0 Å². The molecule has 494 valence electrons. The van der Waals surface area contributed by atoms with Crippen molar-refractivity contribution in [2.75, 3.05) is 14.7 Å². The third kappa shape index (κ3) is 9.82. The molecule has 0 fully saturated rings. The minimum atomic E-state index is 1.10. The summed E-state index contributed by atoms with van der Waals surface area (Å²) in [5.41, 5.74) is 18.7. The Morgan fingerprint density at radius 2 is 0.562 bits per heavy atom. The summed E-state index contributed by atoms with van der Waals surface area (Å²) in [7, 11) is 0. The summed E-state index contributed by atoms with van der Waals surface area (Å²) < 4.78 is 7.69. The van der Waals surface area contributed by atoms with Crippen molar-refractivity contribution in [1.82, 2.24) is 0 Å². The van der Waals surface area contributed by atoms with Crippen molar-refractivity contribution in [2.24, 2.45) is 0 Å². The first-order chi connectivity index (χ1) is 51.8. The summed E-state index contributed by atoms with van der Waals surface area (Å²) in [4.78, 5) is 7.39. The van der Waals surface area contributed by atoms with E-state index in [0.29, 0.717) is 0 Å². The molecule has 3 nitrogen and oxygen atoms in total. The average Bonchev–Trinajstić information content (AvgIpc) is 1.61. The van der Waals surface area contributed by atoms with Gasteiger partial charge in [-0.3, -0.25) is 0 Å². The standard InChI is InChI=1S/C99H65N3S3/c1-60-38-45-67(46-39-60)100(66-23-5-4-6-24-66)85-57-91-98(81-30-13-10-27-76(81)85)95-79-35-18-33-71(74(79)51-54-89(95)104-91)64-40-47-68(48-41-64)101(70-25-17-20-61(2)56-70)86-58-92-99(82-31-14-11-28-77(82)86)96-80-36-19-34-72(75(80)52-55-90(96)105-92)65-42-49-69(50-43-65)102(84-37-16-7-21-62(84)3)87-59-93-97(83-32-15-12-29-78(83)87)94-73-26-9-8-22-63(73)44-53-88(94)103-93/h4-59H,1-3H3. The van der Waals surface area contributed by atoms with Crippen molar-refractivity contribution in [3.05, 3.63) is 356 Å². The first kappa shape index (κ1) is 61.3. The van der Waals surface area contributed by atoms with Crippen LogP contribution < -0.4 is 14.7 Å². The molecule has 0 spiro atoms. The maximum absolute atomic E-state index is 2.49. The van der Waals surface area contributed by atoms with Gasteiger partial charge in [0.15, 0.2) is 0 Å². The van der Waals surface area contributed by atoms with Crippen LogP contribution in [0, 0.1) is 20.8 Å². The molecule has 21 rings (SSSR count). The van der Waals surface area contributed by atoms with E-state index in [0.717, 1.165) is 39.8 Å². The smallest absolute Gasteiger partial charge is 0.0554 e. The van der Waals surface area contributed by atoms with Crippen LogP contribution in [0.1, 0.15) is 16.7 Å². The van der Waals surface area contributed by atoms with Gasteiger partial charge in [0.05, 0.1) is 17.1 Å². The Labute approximate surface area is 619 Å². The van der Waals surface area contributed by atoms with E-state index in [9.17, 15) is 0 Å². The molecule has 0 unspecified atom stereocenters. The van der Waals surface area contributed by atoms with Gasteiger partial charge in [-0.2, -0.15) is 0 Å². The molecule has 3 aromatic heterocycles. The first-order valence-electron chi connectivity index (χ1n) is 36.0. The normalized spacial score (nSPS) is 12.0. The summed E-state index contributed by atoms with van der Waals surface area (Å²) >= 11 is 5.68. The fourth-order valence-electron chi connectivity index (χ4n) is 17.1. The molecule has 0 atom stereocenters. The highest BCUT2D eigenvalue weighted by Crippen LogP contribution is 2.54. The van der Waals surface area contributed by atoms with Crippen LogP contribution in [0.25, 0.3) is 147 Å². The second kappa shape index (κ2) is 24.4. The van der Waals surface area contributed by atoms with Crippen LogP contribution in [-0.4, -0.2) is 0 Å². The number of aryl methyl sites for hydroxylation is 3. The summed E-state index contributed by atoms with van der Waals surface area (Å²) in [6.45, 7) is 6.58. The molecule has 0 bridgehead atoms. The second-order valence-electron chi connectivity index (χ2n) is 28.0. The van der Waals surface area contributed by atoms with E-state index in [2.05, 4.69) is 375 Å². The van der Waals surface area contributed by atoms with Gasteiger partial charge in [0.2, 0.25) is 0 Å². The van der Waals surface area contributed by atoms with Crippen molar-refractivity contribution >= 4 is 210 Å². The molecular weight excluding hydrogens is 1330 g/mol. The molecule has 0 radical (unpaired) electrons. The fourth-order valence-corrected chi connectivity index (χ4v) is 20.6. The van der Waals surface area contributed by atoms with Crippen molar-refractivity contribution in [1.29, 1.82) is 0 Å². The number of hydrogen-bond donors (Lipinski definition) is 0. The van der Waals surface area contributed by atoms with E-state index >= 15 is 0 Å². The maximum Gasteiger partial charge on any atom is 0.0554 e. The highest BCUT2D eigenvalue weighted by Gasteiger charge is 2.26. The van der Waals surface area contributed by atoms with Crippen LogP contribution in [0.5, 0.6) is 0 Å². The second-order valence-corrected chi connectivity index (χ2v) is 31.2. The Balaban J connectivity index is 0.660. The van der Waals surface area contributed by atoms with Gasteiger partial charge in [-0.1, -0.05) is 242 Å². The number of thiophene rings is 3. The van der Waals surface area contributed by atoms with Crippen LogP contribution in [0.2, 0.25) is 0 Å². The highest BCUT2D eigenvalue weighted by atomic mass is 32.1. The quantitative estimate of drug-likeness (QED) is 0.128. The molecule has 21 aromatic rings. The number of benzene rings is 18. The molecule has 6 heteroatoms. The van der Waals surface area contributed by atoms with E-state index in [1.165, 1.54) is 175 Å². The minimum Gasteiger partial charge on any atom is -0.310 e. The van der Waals surface area contributed by atoms with Gasteiger partial charge in [-0.25, -0.2) is 0 Å². The lowest BCUT2D eigenvalue weighted by atomic mass is 9.93. The third-order valence-corrected chi connectivity index (χ3v) is 25.1. The van der Waals surface area contributed by atoms with Gasteiger partial charge in [-0.15, -0.1) is 34.0 Å². The summed E-state index contributed by atoms with van der Waals surface area (Å²) in [5, 5.41) is 22.9. The van der Waals surface area contributed by atoms with Crippen LogP contribution >= 0.6 is 34.0 Å². The Bertz CT molecular complexity index is 7130.